The summed E-state index contributed by atoms with van der Waals surface area (Å²) in [5.41, 5.74) is 28.4. The highest BCUT2D eigenvalue weighted by molar-refractivity contribution is 6.24. The van der Waals surface area contributed by atoms with E-state index in [9.17, 15) is 0 Å². The summed E-state index contributed by atoms with van der Waals surface area (Å²) >= 11 is 0. The molecule has 0 saturated heterocycles. The second-order valence-corrected chi connectivity index (χ2v) is 32.1. The molecule has 124 heavy (non-hydrogen) atoms. The Kier molecular flexibility index (Phi) is 18.2. The summed E-state index contributed by atoms with van der Waals surface area (Å²) in [4.78, 5) is 4.77. The minimum absolute atomic E-state index is 1.09. The standard InChI is InChI=1S/2C60H40N2/c1-4-18-42(19-5-1)59-51-26-12-14-28-53(51)60(54-29-15-13-27-52(54)59)43-31-34-47(35-32-43)61(45-21-6-2-7-22-45)48-36-38-58-56(40-48)55-39-44(50-30-16-20-41-17-10-11-25-49(41)50)33-37-57(55)62(58)46-23-8-3-9-24-46;1-4-17-42(18-5-1)59-51-24-12-14-26-53(51)60(54-27-15-13-25-52(54)59)43-30-33-49(34-31-43)61(47-20-6-2-7-21-47)50-35-37-58-56(40-50)55-39-46(45-29-28-41-16-10-11-19-44(41)38-45)32-36-57(55)62(58)48-22-8-3-9-23-48/h2*1-40H. The van der Waals surface area contributed by atoms with E-state index in [1.807, 2.05) is 0 Å². The average Bonchev–Trinajstić information content (AvgIpc) is 1.03. The summed E-state index contributed by atoms with van der Waals surface area (Å²) < 4.78 is 4.80. The molecule has 0 bridgehead atoms. The minimum atomic E-state index is 1.09. The lowest BCUT2D eigenvalue weighted by atomic mass is 9.86. The third kappa shape index (κ3) is 12.8. The van der Waals surface area contributed by atoms with Gasteiger partial charge in [-0.05, 0) is 271 Å². The van der Waals surface area contributed by atoms with E-state index in [0.29, 0.717) is 0 Å². The van der Waals surface area contributed by atoms with Crippen molar-refractivity contribution in [2.75, 3.05) is 9.80 Å². The van der Waals surface area contributed by atoms with Crippen molar-refractivity contribution >= 4 is 142 Å². The van der Waals surface area contributed by atoms with Gasteiger partial charge in [0.2, 0.25) is 0 Å². The predicted molar refractivity (Wildman–Crippen MR) is 529 cm³/mol. The van der Waals surface area contributed by atoms with Crippen molar-refractivity contribution in [3.05, 3.63) is 485 Å². The maximum absolute atomic E-state index is 2.40. The summed E-state index contributed by atoms with van der Waals surface area (Å²) in [6.45, 7) is 0. The molecule has 22 aromatic carbocycles. The number of para-hydroxylation sites is 4. The van der Waals surface area contributed by atoms with Gasteiger partial charge >= 0.3 is 0 Å². The third-order valence-corrected chi connectivity index (χ3v) is 25.1. The minimum Gasteiger partial charge on any atom is -0.310 e. The molecule has 4 nitrogen and oxygen atoms in total. The van der Waals surface area contributed by atoms with Gasteiger partial charge in [-0.1, -0.05) is 346 Å². The van der Waals surface area contributed by atoms with Crippen LogP contribution in [-0.2, 0) is 0 Å². The van der Waals surface area contributed by atoms with E-state index in [0.717, 1.165) is 45.5 Å². The first kappa shape index (κ1) is 72.8. The molecule has 0 amide bonds. The Labute approximate surface area is 719 Å². The molecular formula is C120H80N4. The summed E-state index contributed by atoms with van der Waals surface area (Å²) in [6, 6.07) is 177. The number of nitrogens with zero attached hydrogens (tertiary/aromatic N) is 4. The van der Waals surface area contributed by atoms with Crippen LogP contribution in [0.3, 0.4) is 0 Å². The number of fused-ring (bicyclic) bond motifs is 12. The maximum atomic E-state index is 2.40. The molecule has 0 aliphatic heterocycles. The van der Waals surface area contributed by atoms with Gasteiger partial charge in [-0.2, -0.15) is 0 Å². The summed E-state index contributed by atoms with van der Waals surface area (Å²) in [5, 5.41) is 19.9. The molecule has 0 unspecified atom stereocenters. The molecule has 4 heteroatoms. The van der Waals surface area contributed by atoms with Crippen molar-refractivity contribution in [3.8, 4) is 78.1 Å². The lowest BCUT2D eigenvalue weighted by Gasteiger charge is -2.26. The summed E-state index contributed by atoms with van der Waals surface area (Å²) in [5.74, 6) is 0. The van der Waals surface area contributed by atoms with Crippen molar-refractivity contribution in [1.29, 1.82) is 0 Å². The van der Waals surface area contributed by atoms with Gasteiger partial charge < -0.3 is 18.9 Å². The van der Waals surface area contributed by atoms with Crippen LogP contribution in [0, 0.1) is 0 Å². The molecule has 0 saturated carbocycles. The van der Waals surface area contributed by atoms with Crippen LogP contribution in [0.15, 0.2) is 485 Å². The van der Waals surface area contributed by atoms with E-state index in [1.54, 1.807) is 0 Å². The maximum Gasteiger partial charge on any atom is 0.0542 e. The Morgan fingerprint density at radius 1 is 0.137 bits per heavy atom. The fraction of sp³-hybridized carbons (Fsp3) is 0. The van der Waals surface area contributed by atoms with Gasteiger partial charge in [0.15, 0.2) is 0 Å². The van der Waals surface area contributed by atoms with Crippen molar-refractivity contribution < 1.29 is 0 Å². The first-order valence-electron chi connectivity index (χ1n) is 42.7. The monoisotopic (exact) mass is 1580 g/mol. The van der Waals surface area contributed by atoms with Crippen LogP contribution in [0.4, 0.5) is 34.1 Å². The van der Waals surface area contributed by atoms with E-state index >= 15 is 0 Å². The number of rotatable bonds is 14. The van der Waals surface area contributed by atoms with Gasteiger partial charge in [-0.3, -0.25) is 0 Å². The molecule has 24 aromatic rings. The molecule has 0 fully saturated rings. The van der Waals surface area contributed by atoms with Gasteiger partial charge in [0, 0.05) is 67.0 Å². The first-order chi connectivity index (χ1) is 61.5. The average molecular weight is 1580 g/mol. The molecule has 2 heterocycles. The number of hydrogen-bond donors (Lipinski definition) is 0. The zero-order chi connectivity index (χ0) is 82.0. The second kappa shape index (κ2) is 31.1. The zero-order valence-electron chi connectivity index (χ0n) is 68.0. The molecule has 24 rings (SSSR count). The summed E-state index contributed by atoms with van der Waals surface area (Å²) in [6.07, 6.45) is 0. The lowest BCUT2D eigenvalue weighted by Crippen LogP contribution is -2.09. The summed E-state index contributed by atoms with van der Waals surface area (Å²) in [7, 11) is 0. The molecule has 0 radical (unpaired) electrons. The second-order valence-electron chi connectivity index (χ2n) is 32.1. The van der Waals surface area contributed by atoms with Gasteiger partial charge in [0.25, 0.3) is 0 Å². The van der Waals surface area contributed by atoms with Crippen molar-refractivity contribution in [2.24, 2.45) is 0 Å². The molecule has 580 valence electrons. The van der Waals surface area contributed by atoms with Crippen LogP contribution in [0.25, 0.3) is 186 Å². The number of anilines is 6. The van der Waals surface area contributed by atoms with E-state index in [1.165, 1.54) is 175 Å². The quantitative estimate of drug-likeness (QED) is 0.101. The van der Waals surface area contributed by atoms with E-state index in [-0.39, 0.29) is 0 Å². The van der Waals surface area contributed by atoms with Gasteiger partial charge in [0.05, 0.1) is 22.1 Å². The van der Waals surface area contributed by atoms with Gasteiger partial charge in [-0.25, -0.2) is 0 Å². The predicted octanol–water partition coefficient (Wildman–Crippen LogP) is 33.4. The molecule has 0 aliphatic carbocycles. The number of hydrogen-bond acceptors (Lipinski definition) is 2. The van der Waals surface area contributed by atoms with Crippen molar-refractivity contribution in [1.82, 2.24) is 9.13 Å². The molecule has 2 aromatic heterocycles. The fourth-order valence-electron chi connectivity index (χ4n) is 19.5. The first-order valence-corrected chi connectivity index (χ1v) is 42.7. The van der Waals surface area contributed by atoms with Crippen LogP contribution in [-0.4, -0.2) is 9.13 Å². The van der Waals surface area contributed by atoms with Crippen LogP contribution in [0.5, 0.6) is 0 Å². The van der Waals surface area contributed by atoms with Crippen LogP contribution in [0.1, 0.15) is 0 Å². The molecule has 0 spiro atoms. The highest BCUT2D eigenvalue weighted by atomic mass is 15.1. The topological polar surface area (TPSA) is 16.3 Å². The van der Waals surface area contributed by atoms with E-state index in [2.05, 4.69) is 504 Å². The lowest BCUT2D eigenvalue weighted by molar-refractivity contribution is 1.18. The molecular weight excluding hydrogens is 1500 g/mol. The highest BCUT2D eigenvalue weighted by Gasteiger charge is 2.25. The largest absolute Gasteiger partial charge is 0.310 e. The SMILES string of the molecule is c1ccc(-c2c3ccccc3c(-c3ccc(N(c4ccccc4)c4ccc5c(c4)c4cc(-c6ccc7ccccc7c6)ccc4n5-c4ccccc4)cc3)c3ccccc23)cc1.c1ccc(-c2c3ccccc3c(-c3ccc(N(c4ccccc4)c4ccc5c(c4)c4cc(-c6cccc7ccccc67)ccc4n5-c4ccccc4)cc3)c3ccccc23)cc1. The Balaban J connectivity index is 0.000000143. The Hall–Kier alpha value is -16.4. The Bertz CT molecular complexity index is 8060. The third-order valence-electron chi connectivity index (χ3n) is 25.1. The van der Waals surface area contributed by atoms with E-state index in [4.69, 9.17) is 0 Å². The molecule has 0 N–H and O–H groups in total. The van der Waals surface area contributed by atoms with Crippen LogP contribution >= 0.6 is 0 Å². The Morgan fingerprint density at radius 2 is 0.403 bits per heavy atom. The van der Waals surface area contributed by atoms with Crippen LogP contribution in [0.2, 0.25) is 0 Å². The van der Waals surface area contributed by atoms with Crippen molar-refractivity contribution in [3.63, 3.8) is 0 Å². The van der Waals surface area contributed by atoms with Gasteiger partial charge in [-0.15, -0.1) is 0 Å². The Morgan fingerprint density at radius 3 is 0.815 bits per heavy atom. The van der Waals surface area contributed by atoms with Crippen LogP contribution < -0.4 is 9.80 Å². The van der Waals surface area contributed by atoms with Crippen molar-refractivity contribution in [2.45, 2.75) is 0 Å². The normalized spacial score (nSPS) is 11.5. The highest BCUT2D eigenvalue weighted by Crippen LogP contribution is 2.50. The number of aromatic nitrogens is 2. The van der Waals surface area contributed by atoms with E-state index < -0.39 is 0 Å². The van der Waals surface area contributed by atoms with Gasteiger partial charge in [0.1, 0.15) is 0 Å². The fourth-order valence-corrected chi connectivity index (χ4v) is 19.5. The number of benzene rings is 22. The zero-order valence-corrected chi connectivity index (χ0v) is 68.0. The smallest absolute Gasteiger partial charge is 0.0542 e. The molecule has 0 atom stereocenters. The molecule has 0 aliphatic rings.